The summed E-state index contributed by atoms with van der Waals surface area (Å²) in [5.41, 5.74) is 1.95. The maximum atomic E-state index is 12.9. The summed E-state index contributed by atoms with van der Waals surface area (Å²) >= 11 is 1.20. The van der Waals surface area contributed by atoms with Crippen molar-refractivity contribution in [2.45, 2.75) is 19.0 Å². The van der Waals surface area contributed by atoms with Gasteiger partial charge in [0, 0.05) is 13.0 Å². The standard InChI is InChI=1S/C18H14N2O4S/c21-17(15-9-19-16(25-15)14-6-3-7-24-14)20-10-12-5-2-1-4-11(12)8-13(20)18(22)23/h1-7,9,13H,8,10H2,(H,22,23)/t13-/m1/s1. The van der Waals surface area contributed by atoms with Crippen LogP contribution in [0.4, 0.5) is 0 Å². The smallest absolute Gasteiger partial charge is 0.326 e. The van der Waals surface area contributed by atoms with Gasteiger partial charge in [-0.25, -0.2) is 9.78 Å². The summed E-state index contributed by atoms with van der Waals surface area (Å²) < 4.78 is 5.29. The van der Waals surface area contributed by atoms with Crippen LogP contribution in [0.25, 0.3) is 10.8 Å². The van der Waals surface area contributed by atoms with Gasteiger partial charge in [-0.1, -0.05) is 24.3 Å². The quantitative estimate of drug-likeness (QED) is 0.781. The molecule has 1 N–H and O–H groups in total. The Balaban J connectivity index is 1.65. The number of aromatic nitrogens is 1. The molecular weight excluding hydrogens is 340 g/mol. The van der Waals surface area contributed by atoms with Crippen LogP contribution in [-0.4, -0.2) is 32.9 Å². The molecule has 3 aromatic rings. The Hall–Kier alpha value is -2.93. The second-order valence-electron chi connectivity index (χ2n) is 5.77. The molecule has 0 spiro atoms. The van der Waals surface area contributed by atoms with E-state index in [1.165, 1.54) is 22.4 Å². The molecule has 1 aromatic carbocycles. The SMILES string of the molecule is O=C(O)[C@H]1Cc2ccccc2CN1C(=O)c1cnc(-c2ccco2)s1. The average Bonchev–Trinajstić information content (AvgIpc) is 3.31. The van der Waals surface area contributed by atoms with Crippen LogP contribution in [-0.2, 0) is 17.8 Å². The van der Waals surface area contributed by atoms with E-state index >= 15 is 0 Å². The van der Waals surface area contributed by atoms with E-state index in [4.69, 9.17) is 4.42 Å². The van der Waals surface area contributed by atoms with Crippen LogP contribution in [0.2, 0.25) is 0 Å². The van der Waals surface area contributed by atoms with Gasteiger partial charge < -0.3 is 14.4 Å². The zero-order chi connectivity index (χ0) is 17.4. The highest BCUT2D eigenvalue weighted by atomic mass is 32.1. The molecular formula is C18H14N2O4S. The molecule has 0 fully saturated rings. The van der Waals surface area contributed by atoms with E-state index < -0.39 is 12.0 Å². The van der Waals surface area contributed by atoms with Crippen LogP contribution >= 0.6 is 11.3 Å². The van der Waals surface area contributed by atoms with Crippen LogP contribution in [0, 0.1) is 0 Å². The van der Waals surface area contributed by atoms with Crippen molar-refractivity contribution in [3.63, 3.8) is 0 Å². The van der Waals surface area contributed by atoms with Crippen molar-refractivity contribution in [3.05, 3.63) is 64.9 Å². The molecule has 0 saturated heterocycles. The first kappa shape index (κ1) is 15.6. The van der Waals surface area contributed by atoms with Gasteiger partial charge in [0.1, 0.15) is 10.9 Å². The first-order valence-electron chi connectivity index (χ1n) is 7.74. The van der Waals surface area contributed by atoms with Gasteiger partial charge in [-0.15, -0.1) is 11.3 Å². The summed E-state index contributed by atoms with van der Waals surface area (Å²) in [5.74, 6) is -0.737. The number of nitrogens with zero attached hydrogens (tertiary/aromatic N) is 2. The zero-order valence-corrected chi connectivity index (χ0v) is 13.9. The molecule has 1 atom stereocenters. The molecule has 1 aliphatic rings. The minimum Gasteiger partial charge on any atom is -0.480 e. The minimum atomic E-state index is -1.00. The molecule has 25 heavy (non-hydrogen) atoms. The summed E-state index contributed by atoms with van der Waals surface area (Å²) in [6.45, 7) is 0.278. The number of amides is 1. The average molecular weight is 354 g/mol. The Morgan fingerprint density at radius 3 is 2.72 bits per heavy atom. The molecule has 0 unspecified atom stereocenters. The van der Waals surface area contributed by atoms with Crippen molar-refractivity contribution in [3.8, 4) is 10.8 Å². The number of fused-ring (bicyclic) bond motifs is 1. The van der Waals surface area contributed by atoms with Gasteiger partial charge >= 0.3 is 5.97 Å². The molecule has 1 aliphatic heterocycles. The molecule has 2 aromatic heterocycles. The predicted octanol–water partition coefficient (Wildman–Crippen LogP) is 3.05. The predicted molar refractivity (Wildman–Crippen MR) is 91.3 cm³/mol. The van der Waals surface area contributed by atoms with Gasteiger partial charge in [-0.3, -0.25) is 4.79 Å². The first-order valence-corrected chi connectivity index (χ1v) is 8.55. The maximum absolute atomic E-state index is 12.9. The van der Waals surface area contributed by atoms with Crippen LogP contribution in [0.5, 0.6) is 0 Å². The maximum Gasteiger partial charge on any atom is 0.326 e. The van der Waals surface area contributed by atoms with Crippen LogP contribution < -0.4 is 0 Å². The lowest BCUT2D eigenvalue weighted by Crippen LogP contribution is -2.48. The van der Waals surface area contributed by atoms with Gasteiger partial charge in [0.15, 0.2) is 10.8 Å². The number of rotatable bonds is 3. The van der Waals surface area contributed by atoms with Crippen LogP contribution in [0.3, 0.4) is 0 Å². The normalized spacial score (nSPS) is 16.5. The van der Waals surface area contributed by atoms with Gasteiger partial charge in [-0.05, 0) is 23.3 Å². The van der Waals surface area contributed by atoms with Crippen molar-refractivity contribution >= 4 is 23.2 Å². The third kappa shape index (κ3) is 2.83. The highest BCUT2D eigenvalue weighted by Gasteiger charge is 2.35. The van der Waals surface area contributed by atoms with Crippen molar-refractivity contribution < 1.29 is 19.1 Å². The van der Waals surface area contributed by atoms with E-state index in [1.807, 2.05) is 24.3 Å². The Labute approximate surface area is 147 Å². The van der Waals surface area contributed by atoms with E-state index in [2.05, 4.69) is 4.98 Å². The third-order valence-corrected chi connectivity index (χ3v) is 5.24. The molecule has 126 valence electrons. The molecule has 7 heteroatoms. The van der Waals surface area contributed by atoms with Gasteiger partial charge in [-0.2, -0.15) is 0 Å². The minimum absolute atomic E-state index is 0.278. The lowest BCUT2D eigenvalue weighted by molar-refractivity contribution is -0.142. The fourth-order valence-corrected chi connectivity index (χ4v) is 3.83. The number of hydrogen-bond donors (Lipinski definition) is 1. The number of thiazole rings is 1. The first-order chi connectivity index (χ1) is 12.1. The van der Waals surface area contributed by atoms with E-state index in [-0.39, 0.29) is 12.5 Å². The van der Waals surface area contributed by atoms with Gasteiger partial charge in [0.2, 0.25) is 0 Å². The van der Waals surface area contributed by atoms with Gasteiger partial charge in [0.05, 0.1) is 12.5 Å². The molecule has 0 bridgehead atoms. The van der Waals surface area contributed by atoms with Crippen LogP contribution in [0.1, 0.15) is 20.8 Å². The molecule has 1 amide bonds. The fraction of sp³-hybridized carbons (Fsp3) is 0.167. The number of aliphatic carboxylic acids is 1. The van der Waals surface area contributed by atoms with E-state index in [0.717, 1.165) is 11.1 Å². The van der Waals surface area contributed by atoms with Gasteiger partial charge in [0.25, 0.3) is 5.91 Å². The molecule has 0 radical (unpaired) electrons. The second kappa shape index (κ2) is 6.18. The highest BCUT2D eigenvalue weighted by molar-refractivity contribution is 7.16. The number of carboxylic acids is 1. The molecule has 4 rings (SSSR count). The van der Waals surface area contributed by atoms with E-state index in [0.29, 0.717) is 22.1 Å². The molecule has 0 aliphatic carbocycles. The van der Waals surface area contributed by atoms with E-state index in [1.54, 1.807) is 18.4 Å². The third-order valence-electron chi connectivity index (χ3n) is 4.24. The summed E-state index contributed by atoms with van der Waals surface area (Å²) in [4.78, 5) is 30.6. The lowest BCUT2D eigenvalue weighted by Gasteiger charge is -2.34. The van der Waals surface area contributed by atoms with Crippen LogP contribution in [0.15, 0.2) is 53.3 Å². The summed E-state index contributed by atoms with van der Waals surface area (Å²) in [5, 5.41) is 10.2. The number of benzene rings is 1. The molecule has 0 saturated carbocycles. The van der Waals surface area contributed by atoms with E-state index in [9.17, 15) is 14.7 Å². The fourth-order valence-electron chi connectivity index (χ4n) is 2.99. The molecule has 3 heterocycles. The molecule has 6 nitrogen and oxygen atoms in total. The Kier molecular flexibility index (Phi) is 3.85. The Morgan fingerprint density at radius 1 is 1.20 bits per heavy atom. The Morgan fingerprint density at radius 2 is 2.00 bits per heavy atom. The number of carbonyl (C=O) groups excluding carboxylic acids is 1. The summed E-state index contributed by atoms with van der Waals surface area (Å²) in [7, 11) is 0. The number of carboxylic acid groups (broad SMARTS) is 1. The number of furan rings is 1. The summed E-state index contributed by atoms with van der Waals surface area (Å²) in [6.07, 6.45) is 3.33. The Bertz CT molecular complexity index is 932. The summed E-state index contributed by atoms with van der Waals surface area (Å²) in [6, 6.07) is 10.3. The van der Waals surface area contributed by atoms with Crippen molar-refractivity contribution in [2.75, 3.05) is 0 Å². The monoisotopic (exact) mass is 354 g/mol. The zero-order valence-electron chi connectivity index (χ0n) is 13.1. The lowest BCUT2D eigenvalue weighted by atomic mass is 9.94. The second-order valence-corrected chi connectivity index (χ2v) is 6.80. The highest BCUT2D eigenvalue weighted by Crippen LogP contribution is 2.29. The topological polar surface area (TPSA) is 83.6 Å². The largest absolute Gasteiger partial charge is 0.480 e. The number of hydrogen-bond acceptors (Lipinski definition) is 5. The van der Waals surface area contributed by atoms with Crippen molar-refractivity contribution in [1.82, 2.24) is 9.88 Å². The number of carbonyl (C=O) groups is 2. The van der Waals surface area contributed by atoms with Crippen molar-refractivity contribution in [1.29, 1.82) is 0 Å². The van der Waals surface area contributed by atoms with Crippen molar-refractivity contribution in [2.24, 2.45) is 0 Å².